The maximum atomic E-state index is 12.3. The summed E-state index contributed by atoms with van der Waals surface area (Å²) in [6.45, 7) is 0.621. The molecule has 1 heterocycles. The highest BCUT2D eigenvalue weighted by Gasteiger charge is 2.27. The minimum atomic E-state index is -0.220. The van der Waals surface area contributed by atoms with Crippen LogP contribution in [0.5, 0.6) is 11.5 Å². The van der Waals surface area contributed by atoms with Crippen LogP contribution in [0.2, 0.25) is 0 Å². The quantitative estimate of drug-likeness (QED) is 0.709. The molecular formula is C23H21NO4. The summed E-state index contributed by atoms with van der Waals surface area (Å²) in [7, 11) is 0. The fourth-order valence-electron chi connectivity index (χ4n) is 3.37. The standard InChI is InChI=1S/C23H21NO4/c25-20-13-7-12-19-23(20)28-16-21(26)24(19)14-15-27-22(17-8-3-1-4-9-17)18-10-5-2-6-11-18/h1-13,22,25H,14-16H2. The number of fused-ring (bicyclic) bond motifs is 1. The number of anilines is 1. The van der Waals surface area contributed by atoms with Crippen LogP contribution in [0.4, 0.5) is 5.69 Å². The van der Waals surface area contributed by atoms with Crippen LogP contribution in [-0.2, 0) is 9.53 Å². The Balaban J connectivity index is 1.51. The maximum Gasteiger partial charge on any atom is 0.265 e. The molecule has 5 nitrogen and oxygen atoms in total. The zero-order chi connectivity index (χ0) is 19.3. The van der Waals surface area contributed by atoms with E-state index in [0.717, 1.165) is 11.1 Å². The molecule has 0 radical (unpaired) electrons. The zero-order valence-corrected chi connectivity index (χ0v) is 15.3. The second kappa shape index (κ2) is 8.15. The molecule has 3 aromatic carbocycles. The van der Waals surface area contributed by atoms with Crippen LogP contribution in [0.25, 0.3) is 0 Å². The number of carbonyl (C=O) groups excluding carboxylic acids is 1. The van der Waals surface area contributed by atoms with Gasteiger partial charge in [-0.1, -0.05) is 66.7 Å². The van der Waals surface area contributed by atoms with Gasteiger partial charge in [-0.25, -0.2) is 0 Å². The van der Waals surface area contributed by atoms with E-state index in [1.54, 1.807) is 23.1 Å². The molecule has 0 aliphatic carbocycles. The van der Waals surface area contributed by atoms with Crippen molar-refractivity contribution in [2.45, 2.75) is 6.10 Å². The number of para-hydroxylation sites is 1. The smallest absolute Gasteiger partial charge is 0.265 e. The fraction of sp³-hybridized carbons (Fsp3) is 0.174. The van der Waals surface area contributed by atoms with E-state index in [0.29, 0.717) is 24.6 Å². The third-order valence-corrected chi connectivity index (χ3v) is 4.71. The monoisotopic (exact) mass is 375 g/mol. The van der Waals surface area contributed by atoms with Crippen molar-refractivity contribution < 1.29 is 19.4 Å². The summed E-state index contributed by atoms with van der Waals surface area (Å²) in [5.41, 5.74) is 2.68. The SMILES string of the molecule is O=C1COc2c(O)cccc2N1CCOC(c1ccccc1)c1ccccc1. The Labute approximate surface area is 163 Å². The molecule has 0 saturated heterocycles. The van der Waals surface area contributed by atoms with E-state index >= 15 is 0 Å². The van der Waals surface area contributed by atoms with Gasteiger partial charge in [-0.05, 0) is 23.3 Å². The van der Waals surface area contributed by atoms with Crippen molar-refractivity contribution in [3.05, 3.63) is 90.0 Å². The summed E-state index contributed by atoms with van der Waals surface area (Å²) in [4.78, 5) is 14.0. The molecule has 0 spiro atoms. The van der Waals surface area contributed by atoms with Gasteiger partial charge in [0.1, 0.15) is 6.10 Å². The van der Waals surface area contributed by atoms with Crippen LogP contribution in [-0.4, -0.2) is 30.8 Å². The molecule has 28 heavy (non-hydrogen) atoms. The summed E-state index contributed by atoms with van der Waals surface area (Å²) >= 11 is 0. The molecule has 1 N–H and O–H groups in total. The first-order valence-corrected chi connectivity index (χ1v) is 9.20. The van der Waals surface area contributed by atoms with Gasteiger partial charge in [-0.15, -0.1) is 0 Å². The number of phenolic OH excluding ortho intramolecular Hbond substituents is 1. The van der Waals surface area contributed by atoms with Crippen molar-refractivity contribution in [1.82, 2.24) is 0 Å². The van der Waals surface area contributed by atoms with E-state index in [1.165, 1.54) is 0 Å². The average Bonchev–Trinajstić information content (AvgIpc) is 2.74. The number of hydrogen-bond acceptors (Lipinski definition) is 4. The van der Waals surface area contributed by atoms with Crippen molar-refractivity contribution >= 4 is 11.6 Å². The number of hydrogen-bond donors (Lipinski definition) is 1. The molecule has 0 bridgehead atoms. The number of amides is 1. The third kappa shape index (κ3) is 3.70. The first kappa shape index (κ1) is 18.1. The Kier molecular flexibility index (Phi) is 5.26. The lowest BCUT2D eigenvalue weighted by atomic mass is 10.0. The van der Waals surface area contributed by atoms with E-state index in [1.807, 2.05) is 60.7 Å². The van der Waals surface area contributed by atoms with Crippen LogP contribution in [0.1, 0.15) is 17.2 Å². The van der Waals surface area contributed by atoms with Gasteiger partial charge in [0.2, 0.25) is 0 Å². The Morgan fingerprint density at radius 1 is 0.929 bits per heavy atom. The number of ether oxygens (including phenoxy) is 2. The van der Waals surface area contributed by atoms with Gasteiger partial charge in [0, 0.05) is 6.54 Å². The molecule has 3 aromatic rings. The predicted octanol–water partition coefficient (Wildman–Crippen LogP) is 3.92. The average molecular weight is 375 g/mol. The summed E-state index contributed by atoms with van der Waals surface area (Å²) in [6.07, 6.45) is -0.220. The zero-order valence-electron chi connectivity index (χ0n) is 15.3. The highest BCUT2D eigenvalue weighted by molar-refractivity contribution is 5.98. The minimum absolute atomic E-state index is 0.0300. The van der Waals surface area contributed by atoms with Crippen molar-refractivity contribution in [1.29, 1.82) is 0 Å². The first-order chi connectivity index (χ1) is 13.7. The number of benzene rings is 3. The molecule has 0 aromatic heterocycles. The summed E-state index contributed by atoms with van der Waals surface area (Å²) in [5.74, 6) is 0.213. The Bertz CT molecular complexity index is 904. The minimum Gasteiger partial charge on any atom is -0.504 e. The summed E-state index contributed by atoms with van der Waals surface area (Å²) < 4.78 is 11.6. The number of phenols is 1. The Hall–Kier alpha value is -3.31. The second-order valence-corrected chi connectivity index (χ2v) is 6.53. The molecule has 0 atom stereocenters. The Morgan fingerprint density at radius 3 is 2.21 bits per heavy atom. The number of rotatable bonds is 6. The van der Waals surface area contributed by atoms with E-state index in [2.05, 4.69) is 0 Å². The molecule has 0 saturated carbocycles. The molecule has 5 heteroatoms. The van der Waals surface area contributed by atoms with Gasteiger partial charge >= 0.3 is 0 Å². The molecule has 0 fully saturated rings. The van der Waals surface area contributed by atoms with Crippen molar-refractivity contribution in [3.63, 3.8) is 0 Å². The lowest BCUT2D eigenvalue weighted by molar-refractivity contribution is -0.121. The molecular weight excluding hydrogens is 354 g/mol. The molecule has 4 rings (SSSR count). The molecule has 1 aliphatic rings. The van der Waals surface area contributed by atoms with Gasteiger partial charge in [0.25, 0.3) is 5.91 Å². The van der Waals surface area contributed by atoms with E-state index in [4.69, 9.17) is 9.47 Å². The van der Waals surface area contributed by atoms with Crippen molar-refractivity contribution in [3.8, 4) is 11.5 Å². The van der Waals surface area contributed by atoms with E-state index in [9.17, 15) is 9.90 Å². The van der Waals surface area contributed by atoms with Crippen LogP contribution in [0.3, 0.4) is 0 Å². The topological polar surface area (TPSA) is 59.0 Å². The number of carbonyl (C=O) groups is 1. The van der Waals surface area contributed by atoms with Gasteiger partial charge in [0.05, 0.1) is 12.3 Å². The van der Waals surface area contributed by atoms with Gasteiger partial charge in [-0.2, -0.15) is 0 Å². The molecule has 1 amide bonds. The van der Waals surface area contributed by atoms with Crippen LogP contribution >= 0.6 is 0 Å². The Morgan fingerprint density at radius 2 is 1.57 bits per heavy atom. The number of aromatic hydroxyl groups is 1. The second-order valence-electron chi connectivity index (χ2n) is 6.53. The summed E-state index contributed by atoms with van der Waals surface area (Å²) in [5, 5.41) is 9.98. The van der Waals surface area contributed by atoms with Crippen LogP contribution < -0.4 is 9.64 Å². The fourth-order valence-corrected chi connectivity index (χ4v) is 3.37. The highest BCUT2D eigenvalue weighted by Crippen LogP contribution is 2.39. The molecule has 1 aliphatic heterocycles. The molecule has 142 valence electrons. The number of nitrogens with zero attached hydrogens (tertiary/aromatic N) is 1. The van der Waals surface area contributed by atoms with Crippen LogP contribution in [0, 0.1) is 0 Å². The van der Waals surface area contributed by atoms with Gasteiger partial charge in [-0.3, -0.25) is 4.79 Å². The van der Waals surface area contributed by atoms with Crippen molar-refractivity contribution in [2.24, 2.45) is 0 Å². The first-order valence-electron chi connectivity index (χ1n) is 9.20. The highest BCUT2D eigenvalue weighted by atomic mass is 16.5. The lowest BCUT2D eigenvalue weighted by Crippen LogP contribution is -2.41. The lowest BCUT2D eigenvalue weighted by Gasteiger charge is -2.30. The third-order valence-electron chi connectivity index (χ3n) is 4.71. The predicted molar refractivity (Wildman–Crippen MR) is 107 cm³/mol. The van der Waals surface area contributed by atoms with Gasteiger partial charge < -0.3 is 19.5 Å². The maximum absolute atomic E-state index is 12.3. The summed E-state index contributed by atoms with van der Waals surface area (Å²) in [6, 6.07) is 25.0. The van der Waals surface area contributed by atoms with Crippen molar-refractivity contribution in [2.75, 3.05) is 24.7 Å². The largest absolute Gasteiger partial charge is 0.504 e. The molecule has 0 unspecified atom stereocenters. The van der Waals surface area contributed by atoms with Crippen LogP contribution in [0.15, 0.2) is 78.9 Å². The van der Waals surface area contributed by atoms with E-state index in [-0.39, 0.29) is 24.4 Å². The van der Waals surface area contributed by atoms with E-state index < -0.39 is 0 Å². The van der Waals surface area contributed by atoms with Gasteiger partial charge in [0.15, 0.2) is 18.1 Å². The normalized spacial score (nSPS) is 13.3.